The molecule has 0 spiro atoms. The van der Waals surface area contributed by atoms with Crippen LogP contribution in [0, 0.1) is 10.1 Å². The van der Waals surface area contributed by atoms with Gasteiger partial charge in [-0.3, -0.25) is 19.8 Å². The van der Waals surface area contributed by atoms with Crippen molar-refractivity contribution in [2.45, 2.75) is 37.8 Å². The molecule has 8 nitrogen and oxygen atoms in total. The molecule has 0 radical (unpaired) electrons. The first-order valence-corrected chi connectivity index (χ1v) is 9.79. The first-order chi connectivity index (χ1) is 13.1. The molecule has 0 aromatic heterocycles. The summed E-state index contributed by atoms with van der Waals surface area (Å²) in [6.07, 6.45) is 4.56. The molecule has 27 heavy (non-hydrogen) atoms. The quantitative estimate of drug-likeness (QED) is 0.606. The van der Waals surface area contributed by atoms with Gasteiger partial charge in [0, 0.05) is 50.5 Å². The van der Waals surface area contributed by atoms with Gasteiger partial charge in [0.05, 0.1) is 17.6 Å². The fourth-order valence-corrected chi connectivity index (χ4v) is 3.94. The fourth-order valence-electron chi connectivity index (χ4n) is 3.94. The zero-order valence-electron chi connectivity index (χ0n) is 15.4. The minimum absolute atomic E-state index is 0.0901. The third-order valence-corrected chi connectivity index (χ3v) is 5.58. The molecule has 1 aromatic rings. The number of nitrogens with zero attached hydrogens (tertiary/aromatic N) is 3. The van der Waals surface area contributed by atoms with Crippen LogP contribution < -0.4 is 5.32 Å². The Morgan fingerprint density at radius 3 is 2.74 bits per heavy atom. The number of anilines is 1. The average molecular weight is 374 g/mol. The van der Waals surface area contributed by atoms with E-state index in [4.69, 9.17) is 4.74 Å². The van der Waals surface area contributed by atoms with E-state index in [1.54, 1.807) is 17.0 Å². The minimum Gasteiger partial charge on any atom is -0.382 e. The molecule has 1 amide bonds. The van der Waals surface area contributed by atoms with Crippen molar-refractivity contribution in [3.05, 3.63) is 33.9 Å². The normalized spacial score (nSPS) is 23.4. The Hall–Kier alpha value is -2.19. The maximum atomic E-state index is 12.7. The Morgan fingerprint density at radius 2 is 2.04 bits per heavy atom. The van der Waals surface area contributed by atoms with Crippen molar-refractivity contribution in [3.8, 4) is 0 Å². The number of carbonyl (C=O) groups excluding carboxylic acids is 1. The molecule has 4 rings (SSSR count). The van der Waals surface area contributed by atoms with Crippen molar-refractivity contribution in [1.82, 2.24) is 9.80 Å². The van der Waals surface area contributed by atoms with Crippen LogP contribution in [0.1, 0.15) is 36.0 Å². The smallest absolute Gasteiger partial charge is 0.282 e. The van der Waals surface area contributed by atoms with Gasteiger partial charge in [0.15, 0.2) is 0 Å². The van der Waals surface area contributed by atoms with Gasteiger partial charge in [-0.05, 0) is 37.8 Å². The molecule has 1 aromatic carbocycles. The summed E-state index contributed by atoms with van der Waals surface area (Å²) in [5, 5.41) is 14.7. The lowest BCUT2D eigenvalue weighted by molar-refractivity contribution is -0.385. The summed E-state index contributed by atoms with van der Waals surface area (Å²) in [6, 6.07) is 5.42. The minimum atomic E-state index is -0.481. The topological polar surface area (TPSA) is 88.0 Å². The Kier molecular flexibility index (Phi) is 5.27. The number of benzene rings is 1. The molecule has 1 unspecified atom stereocenters. The third-order valence-electron chi connectivity index (χ3n) is 5.58. The summed E-state index contributed by atoms with van der Waals surface area (Å²) in [6.45, 7) is 4.60. The van der Waals surface area contributed by atoms with Crippen LogP contribution in [0.15, 0.2) is 18.2 Å². The standard InChI is InChI=1S/C19H26N4O4/c24-19(21-7-1-2-8-21)17-11-14(3-6-18(17)23(25)26)20-12-16-13-22(9-10-27-16)15-4-5-15/h3,6,11,15-16,20H,1-2,4-5,7-10,12-13H2. The van der Waals surface area contributed by atoms with Gasteiger partial charge in [-0.15, -0.1) is 0 Å². The molecule has 0 bridgehead atoms. The fraction of sp³-hybridized carbons (Fsp3) is 0.632. The molecule has 1 aliphatic carbocycles. The highest BCUT2D eigenvalue weighted by molar-refractivity contribution is 5.99. The number of hydrogen-bond donors (Lipinski definition) is 1. The largest absolute Gasteiger partial charge is 0.382 e. The molecule has 2 saturated heterocycles. The highest BCUT2D eigenvalue weighted by Crippen LogP contribution is 2.29. The van der Waals surface area contributed by atoms with Crippen LogP contribution in [0.2, 0.25) is 0 Å². The number of amides is 1. The van der Waals surface area contributed by atoms with Crippen LogP contribution >= 0.6 is 0 Å². The van der Waals surface area contributed by atoms with Gasteiger partial charge in [0.2, 0.25) is 0 Å². The van der Waals surface area contributed by atoms with E-state index in [1.807, 2.05) is 0 Å². The number of ether oxygens (including phenoxy) is 1. The molecular formula is C19H26N4O4. The van der Waals surface area contributed by atoms with Gasteiger partial charge in [0.25, 0.3) is 11.6 Å². The Labute approximate surface area is 158 Å². The van der Waals surface area contributed by atoms with Gasteiger partial charge in [-0.2, -0.15) is 0 Å². The monoisotopic (exact) mass is 374 g/mol. The number of nitro groups is 1. The SMILES string of the molecule is O=C(c1cc(NCC2CN(C3CC3)CCO2)ccc1[N+](=O)[O-])N1CCCC1. The average Bonchev–Trinajstić information content (AvgIpc) is 3.40. The second-order valence-corrected chi connectivity index (χ2v) is 7.59. The number of nitrogens with one attached hydrogen (secondary N) is 1. The number of hydrogen-bond acceptors (Lipinski definition) is 6. The van der Waals surface area contributed by atoms with E-state index in [9.17, 15) is 14.9 Å². The lowest BCUT2D eigenvalue weighted by Gasteiger charge is -2.33. The number of likely N-dealkylation sites (tertiary alicyclic amines) is 1. The van der Waals surface area contributed by atoms with E-state index in [-0.39, 0.29) is 23.3 Å². The van der Waals surface area contributed by atoms with Crippen LogP contribution in [0.25, 0.3) is 0 Å². The van der Waals surface area contributed by atoms with E-state index in [0.29, 0.717) is 19.6 Å². The second-order valence-electron chi connectivity index (χ2n) is 7.59. The van der Waals surface area contributed by atoms with Crippen molar-refractivity contribution < 1.29 is 14.5 Å². The first-order valence-electron chi connectivity index (χ1n) is 9.79. The van der Waals surface area contributed by atoms with Crippen molar-refractivity contribution in [3.63, 3.8) is 0 Å². The van der Waals surface area contributed by atoms with Crippen LogP contribution in [0.5, 0.6) is 0 Å². The Bertz CT molecular complexity index is 716. The third kappa shape index (κ3) is 4.22. The van der Waals surface area contributed by atoms with Gasteiger partial charge in [0.1, 0.15) is 5.56 Å². The van der Waals surface area contributed by atoms with Crippen molar-refractivity contribution in [2.24, 2.45) is 0 Å². The molecule has 3 fully saturated rings. The van der Waals surface area contributed by atoms with Crippen LogP contribution in [-0.4, -0.2) is 72.1 Å². The zero-order chi connectivity index (χ0) is 18.8. The van der Waals surface area contributed by atoms with Gasteiger partial charge in [-0.25, -0.2) is 0 Å². The number of morpholine rings is 1. The second kappa shape index (κ2) is 7.82. The number of carbonyl (C=O) groups is 1. The molecule has 1 saturated carbocycles. The summed E-state index contributed by atoms with van der Waals surface area (Å²) < 4.78 is 5.84. The molecule has 1 atom stereocenters. The summed E-state index contributed by atoms with van der Waals surface area (Å²) >= 11 is 0. The Morgan fingerprint density at radius 1 is 1.26 bits per heavy atom. The summed E-state index contributed by atoms with van der Waals surface area (Å²) in [5.74, 6) is -0.253. The van der Waals surface area contributed by atoms with Crippen LogP contribution in [0.3, 0.4) is 0 Å². The molecule has 8 heteroatoms. The molecule has 2 aliphatic heterocycles. The summed E-state index contributed by atoms with van der Waals surface area (Å²) in [5.41, 5.74) is 0.748. The molecule has 3 aliphatic rings. The predicted octanol–water partition coefficient (Wildman–Crippen LogP) is 2.11. The van der Waals surface area contributed by atoms with Gasteiger partial charge in [-0.1, -0.05) is 0 Å². The molecule has 146 valence electrons. The lowest BCUT2D eigenvalue weighted by atomic mass is 10.1. The number of rotatable bonds is 6. The van der Waals surface area contributed by atoms with Gasteiger partial charge >= 0.3 is 0 Å². The maximum absolute atomic E-state index is 12.7. The molecule has 1 N–H and O–H groups in total. The summed E-state index contributed by atoms with van der Waals surface area (Å²) in [4.78, 5) is 27.8. The van der Waals surface area contributed by atoms with E-state index < -0.39 is 4.92 Å². The van der Waals surface area contributed by atoms with Crippen LogP contribution in [-0.2, 0) is 4.74 Å². The summed E-state index contributed by atoms with van der Waals surface area (Å²) in [7, 11) is 0. The Balaban J connectivity index is 1.43. The first kappa shape index (κ1) is 18.2. The highest BCUT2D eigenvalue weighted by atomic mass is 16.6. The highest BCUT2D eigenvalue weighted by Gasteiger charge is 2.33. The van der Waals surface area contributed by atoms with Crippen molar-refractivity contribution in [2.75, 3.05) is 44.6 Å². The van der Waals surface area contributed by atoms with E-state index >= 15 is 0 Å². The zero-order valence-corrected chi connectivity index (χ0v) is 15.4. The molecule has 2 heterocycles. The van der Waals surface area contributed by atoms with E-state index in [1.165, 1.54) is 18.9 Å². The van der Waals surface area contributed by atoms with Crippen molar-refractivity contribution >= 4 is 17.3 Å². The predicted molar refractivity (Wildman–Crippen MR) is 101 cm³/mol. The number of nitro benzene ring substituents is 1. The molecular weight excluding hydrogens is 348 g/mol. The van der Waals surface area contributed by atoms with E-state index in [2.05, 4.69) is 10.2 Å². The van der Waals surface area contributed by atoms with Gasteiger partial charge < -0.3 is 15.0 Å². The van der Waals surface area contributed by atoms with Crippen molar-refractivity contribution in [1.29, 1.82) is 0 Å². The maximum Gasteiger partial charge on any atom is 0.282 e. The lowest BCUT2D eigenvalue weighted by Crippen LogP contribution is -2.46. The van der Waals surface area contributed by atoms with Crippen LogP contribution in [0.4, 0.5) is 11.4 Å². The van der Waals surface area contributed by atoms with E-state index in [0.717, 1.165) is 44.3 Å².